The average Bonchev–Trinajstić information content (AvgIpc) is 3.47. The van der Waals surface area contributed by atoms with Crippen LogP contribution in [0.25, 0.3) is 55.8 Å². The van der Waals surface area contributed by atoms with E-state index in [4.69, 9.17) is 4.98 Å². The van der Waals surface area contributed by atoms with Crippen LogP contribution < -0.4 is 0 Å². The zero-order chi connectivity index (χ0) is 23.9. The van der Waals surface area contributed by atoms with Gasteiger partial charge < -0.3 is 9.88 Å². The predicted molar refractivity (Wildman–Crippen MR) is 135 cm³/mol. The van der Waals surface area contributed by atoms with E-state index < -0.39 is 0 Å². The lowest BCUT2D eigenvalue weighted by Gasteiger charge is -2.10. The highest BCUT2D eigenvalue weighted by Gasteiger charge is 2.16. The number of hydrogen-bond donors (Lipinski definition) is 2. The van der Waals surface area contributed by atoms with E-state index in [1.54, 1.807) is 12.3 Å². The van der Waals surface area contributed by atoms with Crippen LogP contribution in [0.15, 0.2) is 73.2 Å². The van der Waals surface area contributed by atoms with Gasteiger partial charge in [0.05, 0.1) is 5.52 Å². The number of benzene rings is 2. The van der Waals surface area contributed by atoms with E-state index in [9.17, 15) is 4.39 Å². The molecule has 0 fully saturated rings. The molecule has 7 nitrogen and oxygen atoms in total. The van der Waals surface area contributed by atoms with Gasteiger partial charge in [-0.2, -0.15) is 5.10 Å². The zero-order valence-electron chi connectivity index (χ0n) is 19.2. The Morgan fingerprint density at radius 2 is 1.86 bits per heavy atom. The van der Waals surface area contributed by atoms with Crippen molar-refractivity contribution in [2.75, 3.05) is 14.1 Å². The standard InChI is InChI=1S/C27H22FN7/c1-35(2)15-16-10-19(14-29-13-16)17-6-7-23-22(12-17)25(34-33-23)27-31-24-21(8-9-30-26(24)32-27)18-4-3-5-20(28)11-18/h3-14H,15H2,1-2H3,(H,33,34)(H,30,31,32). The van der Waals surface area contributed by atoms with E-state index >= 15 is 0 Å². The molecule has 0 aliphatic heterocycles. The van der Waals surface area contributed by atoms with Crippen molar-refractivity contribution < 1.29 is 4.39 Å². The average molecular weight is 464 g/mol. The summed E-state index contributed by atoms with van der Waals surface area (Å²) in [6, 6.07) is 16.6. The Morgan fingerprint density at radius 1 is 0.943 bits per heavy atom. The monoisotopic (exact) mass is 463 g/mol. The Balaban J connectivity index is 1.45. The fourth-order valence-electron chi connectivity index (χ4n) is 4.38. The molecule has 0 aliphatic rings. The van der Waals surface area contributed by atoms with Crippen LogP contribution in [0, 0.1) is 5.82 Å². The molecule has 8 heteroatoms. The van der Waals surface area contributed by atoms with Crippen molar-refractivity contribution in [3.05, 3.63) is 84.6 Å². The van der Waals surface area contributed by atoms with Crippen molar-refractivity contribution in [1.82, 2.24) is 35.0 Å². The molecule has 0 spiro atoms. The Bertz CT molecular complexity index is 1680. The molecule has 0 saturated heterocycles. The maximum atomic E-state index is 13.9. The minimum absolute atomic E-state index is 0.293. The lowest BCUT2D eigenvalue weighted by molar-refractivity contribution is 0.402. The molecule has 6 rings (SSSR count). The molecule has 0 aliphatic carbocycles. The van der Waals surface area contributed by atoms with Crippen LogP contribution in [-0.2, 0) is 6.54 Å². The van der Waals surface area contributed by atoms with E-state index in [0.29, 0.717) is 22.7 Å². The molecular weight excluding hydrogens is 441 g/mol. The molecule has 6 aromatic rings. The highest BCUT2D eigenvalue weighted by molar-refractivity contribution is 5.97. The summed E-state index contributed by atoms with van der Waals surface area (Å²) >= 11 is 0. The van der Waals surface area contributed by atoms with E-state index in [1.807, 2.05) is 44.7 Å². The summed E-state index contributed by atoms with van der Waals surface area (Å²) < 4.78 is 13.9. The number of nitrogens with one attached hydrogen (secondary N) is 2. The van der Waals surface area contributed by atoms with E-state index in [2.05, 4.69) is 48.2 Å². The van der Waals surface area contributed by atoms with Gasteiger partial charge in [-0.15, -0.1) is 0 Å². The number of rotatable bonds is 5. The number of nitrogens with zero attached hydrogens (tertiary/aromatic N) is 5. The Labute approximate surface area is 200 Å². The molecule has 0 bridgehead atoms. The Morgan fingerprint density at radius 3 is 2.71 bits per heavy atom. The van der Waals surface area contributed by atoms with Gasteiger partial charge in [0, 0.05) is 41.6 Å². The zero-order valence-corrected chi connectivity index (χ0v) is 19.2. The van der Waals surface area contributed by atoms with Gasteiger partial charge in [0.15, 0.2) is 11.5 Å². The lowest BCUT2D eigenvalue weighted by Crippen LogP contribution is -2.10. The normalized spacial score (nSPS) is 11.7. The second kappa shape index (κ2) is 8.41. The molecule has 4 heterocycles. The van der Waals surface area contributed by atoms with Crippen LogP contribution in [0.5, 0.6) is 0 Å². The van der Waals surface area contributed by atoms with Crippen LogP contribution in [0.4, 0.5) is 4.39 Å². The fraction of sp³-hybridized carbons (Fsp3) is 0.111. The largest absolute Gasteiger partial charge is 0.321 e. The quantitative estimate of drug-likeness (QED) is 0.356. The maximum absolute atomic E-state index is 13.9. The number of H-pyrrole nitrogens is 2. The van der Waals surface area contributed by atoms with E-state index in [1.165, 1.54) is 12.1 Å². The first-order chi connectivity index (χ1) is 17.0. The lowest BCUT2D eigenvalue weighted by atomic mass is 10.0. The number of fused-ring (bicyclic) bond motifs is 2. The third kappa shape index (κ3) is 3.94. The van der Waals surface area contributed by atoms with Crippen molar-refractivity contribution in [2.24, 2.45) is 0 Å². The summed E-state index contributed by atoms with van der Waals surface area (Å²) in [7, 11) is 4.08. The van der Waals surface area contributed by atoms with Gasteiger partial charge in [0.25, 0.3) is 0 Å². The second-order valence-corrected chi connectivity index (χ2v) is 8.80. The molecule has 0 saturated carbocycles. The van der Waals surface area contributed by atoms with Gasteiger partial charge >= 0.3 is 0 Å². The van der Waals surface area contributed by atoms with Crippen LogP contribution in [-0.4, -0.2) is 49.1 Å². The first-order valence-electron chi connectivity index (χ1n) is 11.2. The number of halogens is 1. The Kier molecular flexibility index (Phi) is 5.08. The number of aromatic nitrogens is 6. The molecular formula is C27H22FN7. The first kappa shape index (κ1) is 21.1. The predicted octanol–water partition coefficient (Wildman–Crippen LogP) is 5.43. The van der Waals surface area contributed by atoms with Crippen LogP contribution in [0.3, 0.4) is 0 Å². The van der Waals surface area contributed by atoms with Crippen LogP contribution >= 0.6 is 0 Å². The number of pyridine rings is 2. The van der Waals surface area contributed by atoms with Crippen molar-refractivity contribution in [3.8, 4) is 33.8 Å². The molecule has 0 radical (unpaired) electrons. The summed E-state index contributed by atoms with van der Waals surface area (Å²) in [5.74, 6) is 0.303. The summed E-state index contributed by atoms with van der Waals surface area (Å²) in [5.41, 5.74) is 7.67. The smallest absolute Gasteiger partial charge is 0.160 e. The van der Waals surface area contributed by atoms with Gasteiger partial charge in [0.2, 0.25) is 0 Å². The minimum Gasteiger partial charge on any atom is -0.321 e. The Hall–Kier alpha value is -4.43. The maximum Gasteiger partial charge on any atom is 0.160 e. The topological polar surface area (TPSA) is 86.4 Å². The second-order valence-electron chi connectivity index (χ2n) is 8.80. The molecule has 2 N–H and O–H groups in total. The summed E-state index contributed by atoms with van der Waals surface area (Å²) in [4.78, 5) is 19.1. The molecule has 0 amide bonds. The summed E-state index contributed by atoms with van der Waals surface area (Å²) in [5, 5.41) is 8.58. The van der Waals surface area contributed by atoms with Crippen molar-refractivity contribution >= 4 is 22.1 Å². The van der Waals surface area contributed by atoms with Gasteiger partial charge in [-0.1, -0.05) is 18.2 Å². The molecule has 2 aromatic carbocycles. The fourth-order valence-corrected chi connectivity index (χ4v) is 4.38. The van der Waals surface area contributed by atoms with Gasteiger partial charge in [-0.3, -0.25) is 10.1 Å². The van der Waals surface area contributed by atoms with Crippen molar-refractivity contribution in [1.29, 1.82) is 0 Å². The van der Waals surface area contributed by atoms with Crippen molar-refractivity contribution in [3.63, 3.8) is 0 Å². The third-order valence-electron chi connectivity index (χ3n) is 5.93. The van der Waals surface area contributed by atoms with Crippen LogP contribution in [0.2, 0.25) is 0 Å². The SMILES string of the molecule is CN(C)Cc1cncc(-c2ccc3[nH]nc(-c4nc5c(-c6cccc(F)c6)ccnc5[nH]4)c3c2)c1. The van der Waals surface area contributed by atoms with Gasteiger partial charge in [0.1, 0.15) is 17.0 Å². The van der Waals surface area contributed by atoms with Gasteiger partial charge in [-0.25, -0.2) is 14.4 Å². The number of hydrogen-bond acceptors (Lipinski definition) is 5. The molecule has 0 unspecified atom stereocenters. The third-order valence-corrected chi connectivity index (χ3v) is 5.93. The molecule has 172 valence electrons. The number of imidazole rings is 1. The number of aromatic amines is 2. The molecule has 35 heavy (non-hydrogen) atoms. The summed E-state index contributed by atoms with van der Waals surface area (Å²) in [6.07, 6.45) is 5.46. The minimum atomic E-state index is -0.293. The van der Waals surface area contributed by atoms with E-state index in [-0.39, 0.29) is 5.82 Å². The molecule has 0 atom stereocenters. The highest BCUT2D eigenvalue weighted by Crippen LogP contribution is 2.32. The van der Waals surface area contributed by atoms with E-state index in [0.717, 1.165) is 45.3 Å². The highest BCUT2D eigenvalue weighted by atomic mass is 19.1. The van der Waals surface area contributed by atoms with Crippen LogP contribution in [0.1, 0.15) is 5.56 Å². The van der Waals surface area contributed by atoms with Crippen molar-refractivity contribution in [2.45, 2.75) is 6.54 Å². The summed E-state index contributed by atoms with van der Waals surface area (Å²) in [6.45, 7) is 0.819. The van der Waals surface area contributed by atoms with Gasteiger partial charge in [-0.05, 0) is 67.2 Å². The first-order valence-corrected chi connectivity index (χ1v) is 11.2. The molecule has 4 aromatic heterocycles.